The highest BCUT2D eigenvalue weighted by molar-refractivity contribution is 6.03. The summed E-state index contributed by atoms with van der Waals surface area (Å²) in [7, 11) is 1.56. The van der Waals surface area contributed by atoms with Crippen LogP contribution in [0.1, 0.15) is 21.6 Å². The fourth-order valence-corrected chi connectivity index (χ4v) is 2.89. The zero-order chi connectivity index (χ0) is 18.1. The Balaban J connectivity index is 1.75. The van der Waals surface area contributed by atoms with Crippen LogP contribution in [0.3, 0.4) is 0 Å². The molecule has 0 atom stereocenters. The fraction of sp³-hybridized carbons (Fsp3) is 0.100. The lowest BCUT2D eigenvalue weighted by Crippen LogP contribution is -2.00. The van der Waals surface area contributed by atoms with Crippen molar-refractivity contribution in [1.82, 2.24) is 4.98 Å². The second-order valence-electron chi connectivity index (χ2n) is 5.71. The van der Waals surface area contributed by atoms with Crippen molar-refractivity contribution in [2.45, 2.75) is 0 Å². The highest BCUT2D eigenvalue weighted by Crippen LogP contribution is 2.42. The minimum atomic E-state index is -0.983. The van der Waals surface area contributed by atoms with Crippen LogP contribution in [0.2, 0.25) is 0 Å². The third kappa shape index (κ3) is 2.82. The molecule has 0 fully saturated rings. The standard InChI is InChI=1S/C20H15NO5/c1-24-17-8-12(9-18-19(17)26-11-25-18)6-7-13-10-15(20(22)23)14-4-2-3-5-16(14)21-13/h2-10H,11H2,1H3,(H,22,23)/b7-6+. The Labute approximate surface area is 149 Å². The first-order chi connectivity index (χ1) is 12.7. The molecule has 1 aliphatic rings. The van der Waals surface area contributed by atoms with Gasteiger partial charge in [-0.25, -0.2) is 9.78 Å². The van der Waals surface area contributed by atoms with E-state index in [-0.39, 0.29) is 12.4 Å². The molecular weight excluding hydrogens is 334 g/mol. The van der Waals surface area contributed by atoms with E-state index < -0.39 is 5.97 Å². The van der Waals surface area contributed by atoms with Gasteiger partial charge in [0.25, 0.3) is 0 Å². The SMILES string of the molecule is COc1cc(/C=C/c2cc(C(=O)O)c3ccccc3n2)cc2c1OCO2. The van der Waals surface area contributed by atoms with E-state index in [2.05, 4.69) is 4.98 Å². The van der Waals surface area contributed by atoms with Gasteiger partial charge in [-0.05, 0) is 35.9 Å². The van der Waals surface area contributed by atoms with E-state index in [1.807, 2.05) is 24.3 Å². The zero-order valence-corrected chi connectivity index (χ0v) is 13.9. The lowest BCUT2D eigenvalue weighted by atomic mass is 10.1. The number of pyridine rings is 1. The number of fused-ring (bicyclic) bond motifs is 2. The number of nitrogens with zero attached hydrogens (tertiary/aromatic N) is 1. The van der Waals surface area contributed by atoms with Gasteiger partial charge in [-0.2, -0.15) is 0 Å². The maximum absolute atomic E-state index is 11.6. The Bertz CT molecular complexity index is 1040. The number of carbonyl (C=O) groups is 1. The number of aromatic carboxylic acids is 1. The molecule has 4 rings (SSSR count). The molecule has 0 unspecified atom stereocenters. The Morgan fingerprint density at radius 2 is 2.04 bits per heavy atom. The summed E-state index contributed by atoms with van der Waals surface area (Å²) in [6.07, 6.45) is 3.59. The van der Waals surface area contributed by atoms with Gasteiger partial charge < -0.3 is 19.3 Å². The van der Waals surface area contributed by atoms with Crippen molar-refractivity contribution in [3.8, 4) is 17.2 Å². The molecule has 6 nitrogen and oxygen atoms in total. The molecule has 0 amide bonds. The van der Waals surface area contributed by atoms with Crippen LogP contribution in [0.4, 0.5) is 0 Å². The molecule has 130 valence electrons. The van der Waals surface area contributed by atoms with Gasteiger partial charge in [-0.1, -0.05) is 24.3 Å². The smallest absolute Gasteiger partial charge is 0.336 e. The molecule has 2 aromatic carbocycles. The second kappa shape index (κ2) is 6.40. The van der Waals surface area contributed by atoms with Crippen molar-refractivity contribution in [2.24, 2.45) is 0 Å². The number of carboxylic acid groups (broad SMARTS) is 1. The van der Waals surface area contributed by atoms with Crippen LogP contribution in [-0.2, 0) is 0 Å². The number of aromatic nitrogens is 1. The third-order valence-corrected chi connectivity index (χ3v) is 4.09. The molecule has 2 heterocycles. The van der Waals surface area contributed by atoms with Gasteiger partial charge in [0.2, 0.25) is 12.5 Å². The number of hydrogen-bond acceptors (Lipinski definition) is 5. The molecule has 0 spiro atoms. The Morgan fingerprint density at radius 1 is 1.19 bits per heavy atom. The molecule has 3 aromatic rings. The molecule has 0 bridgehead atoms. The largest absolute Gasteiger partial charge is 0.493 e. The molecule has 1 aromatic heterocycles. The van der Waals surface area contributed by atoms with Gasteiger partial charge in [0.15, 0.2) is 11.5 Å². The molecule has 0 radical (unpaired) electrons. The summed E-state index contributed by atoms with van der Waals surface area (Å²) in [4.78, 5) is 16.1. The molecule has 6 heteroatoms. The fourth-order valence-electron chi connectivity index (χ4n) is 2.89. The summed E-state index contributed by atoms with van der Waals surface area (Å²) in [5.41, 5.74) is 2.24. The molecule has 0 saturated heterocycles. The Hall–Kier alpha value is -3.54. The number of carboxylic acids is 1. The van der Waals surface area contributed by atoms with E-state index in [0.29, 0.717) is 33.8 Å². The molecule has 1 aliphatic heterocycles. The highest BCUT2D eigenvalue weighted by atomic mass is 16.7. The summed E-state index contributed by atoms with van der Waals surface area (Å²) >= 11 is 0. The molecule has 1 N–H and O–H groups in total. The Morgan fingerprint density at radius 3 is 2.85 bits per heavy atom. The van der Waals surface area contributed by atoms with E-state index in [1.165, 1.54) is 0 Å². The first-order valence-corrected chi connectivity index (χ1v) is 7.94. The third-order valence-electron chi connectivity index (χ3n) is 4.09. The lowest BCUT2D eigenvalue weighted by Gasteiger charge is -2.06. The van der Waals surface area contributed by atoms with Crippen LogP contribution >= 0.6 is 0 Å². The van der Waals surface area contributed by atoms with Crippen LogP contribution in [0.5, 0.6) is 17.2 Å². The van der Waals surface area contributed by atoms with Crippen molar-refractivity contribution >= 4 is 29.0 Å². The molecule has 26 heavy (non-hydrogen) atoms. The van der Waals surface area contributed by atoms with Crippen molar-refractivity contribution in [3.05, 3.63) is 59.3 Å². The van der Waals surface area contributed by atoms with Gasteiger partial charge in [0.05, 0.1) is 23.9 Å². The normalized spacial score (nSPS) is 12.7. The maximum Gasteiger partial charge on any atom is 0.336 e. The summed E-state index contributed by atoms with van der Waals surface area (Å²) in [5, 5.41) is 10.1. The topological polar surface area (TPSA) is 77.9 Å². The van der Waals surface area contributed by atoms with Crippen molar-refractivity contribution < 1.29 is 24.1 Å². The number of para-hydroxylation sites is 1. The van der Waals surface area contributed by atoms with Crippen molar-refractivity contribution in [2.75, 3.05) is 13.9 Å². The summed E-state index contributed by atoms with van der Waals surface area (Å²) in [5.74, 6) is 0.795. The van der Waals surface area contributed by atoms with Gasteiger partial charge in [-0.3, -0.25) is 0 Å². The maximum atomic E-state index is 11.6. The average molecular weight is 349 g/mol. The Kier molecular flexibility index (Phi) is 3.93. The number of hydrogen-bond donors (Lipinski definition) is 1. The van der Waals surface area contributed by atoms with Crippen LogP contribution in [-0.4, -0.2) is 30.0 Å². The van der Waals surface area contributed by atoms with Gasteiger partial charge >= 0.3 is 5.97 Å². The van der Waals surface area contributed by atoms with E-state index in [1.54, 1.807) is 37.5 Å². The number of ether oxygens (including phenoxy) is 3. The van der Waals surface area contributed by atoms with Gasteiger partial charge in [-0.15, -0.1) is 0 Å². The highest BCUT2D eigenvalue weighted by Gasteiger charge is 2.19. The monoisotopic (exact) mass is 349 g/mol. The average Bonchev–Trinajstić information content (AvgIpc) is 3.13. The quantitative estimate of drug-likeness (QED) is 0.771. The number of benzene rings is 2. The van der Waals surface area contributed by atoms with Crippen LogP contribution in [0.25, 0.3) is 23.1 Å². The summed E-state index contributed by atoms with van der Waals surface area (Å²) in [6.45, 7) is 0.160. The predicted molar refractivity (Wildman–Crippen MR) is 96.7 cm³/mol. The molecular formula is C20H15NO5. The van der Waals surface area contributed by atoms with Crippen LogP contribution in [0, 0.1) is 0 Å². The lowest BCUT2D eigenvalue weighted by molar-refractivity contribution is 0.0699. The van der Waals surface area contributed by atoms with E-state index in [9.17, 15) is 9.90 Å². The number of rotatable bonds is 4. The minimum absolute atomic E-state index is 0.160. The van der Waals surface area contributed by atoms with Crippen LogP contribution in [0.15, 0.2) is 42.5 Å². The van der Waals surface area contributed by atoms with Crippen molar-refractivity contribution in [3.63, 3.8) is 0 Å². The van der Waals surface area contributed by atoms with E-state index in [4.69, 9.17) is 14.2 Å². The predicted octanol–water partition coefficient (Wildman–Crippen LogP) is 3.84. The second-order valence-corrected chi connectivity index (χ2v) is 5.71. The van der Waals surface area contributed by atoms with Gasteiger partial charge in [0.1, 0.15) is 0 Å². The van der Waals surface area contributed by atoms with Crippen LogP contribution < -0.4 is 14.2 Å². The number of methoxy groups -OCH3 is 1. The molecule has 0 saturated carbocycles. The summed E-state index contributed by atoms with van der Waals surface area (Å²) in [6, 6.07) is 12.4. The minimum Gasteiger partial charge on any atom is -0.493 e. The molecule has 0 aliphatic carbocycles. The van der Waals surface area contributed by atoms with E-state index >= 15 is 0 Å². The summed E-state index contributed by atoms with van der Waals surface area (Å²) < 4.78 is 16.1. The first kappa shape index (κ1) is 16.0. The van der Waals surface area contributed by atoms with Gasteiger partial charge in [0, 0.05) is 5.39 Å². The van der Waals surface area contributed by atoms with E-state index in [0.717, 1.165) is 5.56 Å². The first-order valence-electron chi connectivity index (χ1n) is 7.94. The zero-order valence-electron chi connectivity index (χ0n) is 13.9. The van der Waals surface area contributed by atoms with Crippen molar-refractivity contribution in [1.29, 1.82) is 0 Å².